The van der Waals surface area contributed by atoms with Crippen molar-refractivity contribution in [3.8, 4) is 0 Å². The highest BCUT2D eigenvalue weighted by molar-refractivity contribution is 6.51. The summed E-state index contributed by atoms with van der Waals surface area (Å²) in [5, 5.41) is 0. The monoisotopic (exact) mass is 330 g/mol. The Morgan fingerprint density at radius 2 is 0.875 bits per heavy atom. The number of Topliss-reactive ketones (excluding diaryl/α,β-unsaturated/α-hetero) is 1. The molecule has 1 nitrogen and oxygen atoms in total. The molecule has 0 heterocycles. The second kappa shape index (κ2) is 4.26. The highest BCUT2D eigenvalue weighted by Gasteiger charge is 2.72. The fourth-order valence-electron chi connectivity index (χ4n) is 0.455. The molecular weight excluding hydrogens is 332 g/mol. The molecule has 0 radical (unpaired) electrons. The zero-order valence-corrected chi connectivity index (χ0v) is 9.71. The molecule has 0 aliphatic rings. The third-order valence-electron chi connectivity index (χ3n) is 1.28. The van der Waals surface area contributed by atoms with E-state index in [-0.39, 0.29) is 0 Å². The van der Waals surface area contributed by atoms with Crippen LogP contribution in [0.3, 0.4) is 0 Å². The van der Waals surface area contributed by atoms with Crippen molar-refractivity contribution >= 4 is 52.2 Å². The molecule has 0 rings (SSSR count). The highest BCUT2D eigenvalue weighted by Crippen LogP contribution is 2.49. The fourth-order valence-corrected chi connectivity index (χ4v) is 0.798. The zero-order valence-electron chi connectivity index (χ0n) is 6.69. The van der Waals surface area contributed by atoms with E-state index in [9.17, 15) is 31.1 Å². The van der Waals surface area contributed by atoms with E-state index in [1.807, 2.05) is 0 Å². The van der Waals surface area contributed by atoms with Crippen LogP contribution in [0, 0.1) is 0 Å². The molecule has 0 aliphatic carbocycles. The highest BCUT2D eigenvalue weighted by atomic mass is 35.5. The van der Waals surface area contributed by atoms with Gasteiger partial charge < -0.3 is 0 Å². The van der Waals surface area contributed by atoms with Crippen molar-refractivity contribution in [2.24, 2.45) is 0 Å². The van der Waals surface area contributed by atoms with Gasteiger partial charge in [-0.05, 0) is 0 Å². The lowest BCUT2D eigenvalue weighted by Gasteiger charge is -2.27. The molecular formula is C5Cl4F6O. The van der Waals surface area contributed by atoms with Crippen LogP contribution < -0.4 is 0 Å². The van der Waals surface area contributed by atoms with Gasteiger partial charge in [-0.25, -0.2) is 8.78 Å². The summed E-state index contributed by atoms with van der Waals surface area (Å²) in [5.41, 5.74) is 0. The van der Waals surface area contributed by atoms with Crippen molar-refractivity contribution in [1.82, 2.24) is 0 Å². The van der Waals surface area contributed by atoms with Gasteiger partial charge in [0, 0.05) is 0 Å². The largest absolute Gasteiger partial charge is 0.372 e. The van der Waals surface area contributed by atoms with Crippen molar-refractivity contribution in [2.45, 2.75) is 21.0 Å². The van der Waals surface area contributed by atoms with Crippen LogP contribution in [0.15, 0.2) is 0 Å². The first-order valence-electron chi connectivity index (χ1n) is 3.09. The Labute approximate surface area is 105 Å². The van der Waals surface area contributed by atoms with Gasteiger partial charge in [0.2, 0.25) is 0 Å². The van der Waals surface area contributed by atoms with Crippen molar-refractivity contribution < 1.29 is 31.1 Å². The Morgan fingerprint density at radius 3 is 1.00 bits per heavy atom. The molecule has 0 aromatic heterocycles. The van der Waals surface area contributed by atoms with Gasteiger partial charge in [-0.2, -0.15) is 17.6 Å². The number of rotatable bonds is 4. The van der Waals surface area contributed by atoms with Crippen LogP contribution in [-0.2, 0) is 4.79 Å². The van der Waals surface area contributed by atoms with Crippen molar-refractivity contribution in [1.29, 1.82) is 0 Å². The Kier molecular flexibility index (Phi) is 4.37. The summed E-state index contributed by atoms with van der Waals surface area (Å²) in [7, 11) is 0. The lowest BCUT2D eigenvalue weighted by molar-refractivity contribution is -0.183. The molecule has 0 unspecified atom stereocenters. The maximum atomic E-state index is 12.6. The molecule has 96 valence electrons. The number of carbonyl (C=O) groups is 1. The zero-order chi connectivity index (χ0) is 13.6. The summed E-state index contributed by atoms with van der Waals surface area (Å²) in [6.07, 6.45) is 0. The summed E-state index contributed by atoms with van der Waals surface area (Å²) < 4.78 is 65.8. The second-order valence-electron chi connectivity index (χ2n) is 2.47. The molecule has 0 aromatic carbocycles. The summed E-state index contributed by atoms with van der Waals surface area (Å²) >= 11 is 16.6. The molecule has 0 amide bonds. The van der Waals surface area contributed by atoms with Crippen molar-refractivity contribution in [3.05, 3.63) is 0 Å². The minimum absolute atomic E-state index is 3.58. The normalized spacial score (nSPS) is 15.1. The van der Waals surface area contributed by atoms with Gasteiger partial charge in [0.25, 0.3) is 5.78 Å². The fraction of sp³-hybridized carbons (Fsp3) is 0.800. The summed E-state index contributed by atoms with van der Waals surface area (Å²) in [4.78, 5) is 10.5. The Morgan fingerprint density at radius 1 is 0.688 bits per heavy atom. The maximum Gasteiger partial charge on any atom is 0.372 e. The quantitative estimate of drug-likeness (QED) is 0.561. The maximum absolute atomic E-state index is 12.6. The van der Waals surface area contributed by atoms with Crippen molar-refractivity contribution in [2.75, 3.05) is 0 Å². The average molecular weight is 332 g/mol. The first-order valence-corrected chi connectivity index (χ1v) is 4.61. The van der Waals surface area contributed by atoms with E-state index in [1.54, 1.807) is 0 Å². The van der Waals surface area contributed by atoms with Crippen LogP contribution >= 0.6 is 46.4 Å². The van der Waals surface area contributed by atoms with Crippen LogP contribution in [0.5, 0.6) is 0 Å². The number of carbonyl (C=O) groups excluding carboxylic acids is 1. The first-order chi connectivity index (χ1) is 6.65. The van der Waals surface area contributed by atoms with E-state index in [0.29, 0.717) is 0 Å². The molecule has 0 saturated heterocycles. The Hall–Kier alpha value is 0.410. The van der Waals surface area contributed by atoms with Gasteiger partial charge in [0.15, 0.2) is 0 Å². The predicted octanol–water partition coefficient (Wildman–Crippen LogP) is 4.03. The molecule has 0 aromatic rings. The summed E-state index contributed by atoms with van der Waals surface area (Å²) in [5.74, 6) is -14.8. The minimum atomic E-state index is -5.60. The number of ketones is 1. The van der Waals surface area contributed by atoms with Gasteiger partial charge in [0.05, 0.1) is 0 Å². The predicted molar refractivity (Wildman–Crippen MR) is 46.0 cm³/mol. The van der Waals surface area contributed by atoms with Crippen LogP contribution in [0.4, 0.5) is 26.3 Å². The van der Waals surface area contributed by atoms with Crippen LogP contribution in [0.2, 0.25) is 0 Å². The third-order valence-corrected chi connectivity index (χ3v) is 2.23. The standard InChI is InChI=1S/C5Cl4F6O/c6-4(7,14)2(10,11)1(16)3(12,13)5(8,9)15. The molecule has 0 atom stereocenters. The molecule has 0 saturated carbocycles. The van der Waals surface area contributed by atoms with Gasteiger partial charge in [-0.1, -0.05) is 46.4 Å². The van der Waals surface area contributed by atoms with Crippen LogP contribution in [0.1, 0.15) is 0 Å². The molecule has 0 bridgehead atoms. The number of alkyl halides is 10. The lowest BCUT2D eigenvalue weighted by atomic mass is 10.1. The molecule has 0 aliphatic heterocycles. The van der Waals surface area contributed by atoms with E-state index in [0.717, 1.165) is 0 Å². The van der Waals surface area contributed by atoms with Gasteiger partial charge in [0.1, 0.15) is 0 Å². The number of hydrogen-bond acceptors (Lipinski definition) is 1. The van der Waals surface area contributed by atoms with E-state index < -0.39 is 26.8 Å². The summed E-state index contributed by atoms with van der Waals surface area (Å²) in [6.45, 7) is 0. The average Bonchev–Trinajstić information content (AvgIpc) is 1.98. The Bertz CT molecular complexity index is 264. The van der Waals surface area contributed by atoms with Crippen LogP contribution in [0.25, 0.3) is 0 Å². The minimum Gasteiger partial charge on any atom is -0.286 e. The van der Waals surface area contributed by atoms with Crippen molar-refractivity contribution in [3.63, 3.8) is 0 Å². The summed E-state index contributed by atoms with van der Waals surface area (Å²) in [6, 6.07) is 0. The third kappa shape index (κ3) is 2.80. The SMILES string of the molecule is O=C(C(F)(F)C(F)(Cl)Cl)C(F)(F)C(F)(Cl)Cl. The topological polar surface area (TPSA) is 17.1 Å². The number of hydrogen-bond donors (Lipinski definition) is 0. The first kappa shape index (κ1) is 16.4. The molecule has 0 fully saturated rings. The van der Waals surface area contributed by atoms with Gasteiger partial charge in [-0.3, -0.25) is 4.79 Å². The Balaban J connectivity index is 5.40. The second-order valence-corrected chi connectivity index (χ2v) is 4.94. The molecule has 0 spiro atoms. The molecule has 0 N–H and O–H groups in total. The van der Waals surface area contributed by atoms with Crippen LogP contribution in [-0.4, -0.2) is 26.8 Å². The van der Waals surface area contributed by atoms with E-state index >= 15 is 0 Å². The van der Waals surface area contributed by atoms with Gasteiger partial charge >= 0.3 is 21.0 Å². The number of halogens is 10. The van der Waals surface area contributed by atoms with E-state index in [2.05, 4.69) is 46.4 Å². The molecule has 16 heavy (non-hydrogen) atoms. The van der Waals surface area contributed by atoms with Gasteiger partial charge in [-0.15, -0.1) is 0 Å². The lowest BCUT2D eigenvalue weighted by Crippen LogP contribution is -2.56. The van der Waals surface area contributed by atoms with E-state index in [1.165, 1.54) is 0 Å². The van der Waals surface area contributed by atoms with E-state index in [4.69, 9.17) is 0 Å². The smallest absolute Gasteiger partial charge is 0.286 e. The molecule has 11 heteroatoms.